The van der Waals surface area contributed by atoms with Crippen molar-refractivity contribution in [1.82, 2.24) is 19.9 Å². The lowest BCUT2D eigenvalue weighted by Gasteiger charge is -2.20. The Morgan fingerprint density at radius 2 is 1.61 bits per heavy atom. The summed E-state index contributed by atoms with van der Waals surface area (Å²) in [6, 6.07) is 14.9. The van der Waals surface area contributed by atoms with Crippen LogP contribution in [0.4, 0.5) is 0 Å². The number of imidazole rings is 1. The van der Waals surface area contributed by atoms with Crippen molar-refractivity contribution >= 4 is 34.7 Å². The smallest absolute Gasteiger partial charge is 0.181 e. The number of hydrogen-bond acceptors (Lipinski definition) is 5. The number of nitrogens with one attached hydrogen (secondary N) is 1. The topological polar surface area (TPSA) is 54.5 Å². The standard InChI is InChI=1S/C17H10N4S2/c1-2-6-12-11(5-1)22-13-7-3-4-10(16(13)23-12)14-15-17(20-8-18-14)21-9-19-15/h1-9H,(H,18,19,20,21). The van der Waals surface area contributed by atoms with Crippen LogP contribution in [-0.2, 0) is 0 Å². The van der Waals surface area contributed by atoms with Crippen molar-refractivity contribution in [1.29, 1.82) is 0 Å². The van der Waals surface area contributed by atoms with Gasteiger partial charge in [-0.3, -0.25) is 0 Å². The molecule has 0 bridgehead atoms. The van der Waals surface area contributed by atoms with Gasteiger partial charge in [0.05, 0.1) is 6.33 Å². The molecule has 0 unspecified atom stereocenters. The molecular formula is C17H10N4S2. The molecule has 1 aliphatic rings. The van der Waals surface area contributed by atoms with Gasteiger partial charge in [0, 0.05) is 25.1 Å². The molecule has 2 aromatic heterocycles. The van der Waals surface area contributed by atoms with Gasteiger partial charge in [-0.05, 0) is 18.2 Å². The summed E-state index contributed by atoms with van der Waals surface area (Å²) >= 11 is 3.61. The van der Waals surface area contributed by atoms with E-state index in [0.29, 0.717) is 5.65 Å². The second-order valence-corrected chi connectivity index (χ2v) is 7.24. The number of aromatic nitrogens is 4. The molecule has 1 aliphatic heterocycles. The van der Waals surface area contributed by atoms with E-state index in [4.69, 9.17) is 0 Å². The van der Waals surface area contributed by atoms with Crippen LogP contribution in [0, 0.1) is 0 Å². The van der Waals surface area contributed by atoms with Crippen molar-refractivity contribution in [3.05, 3.63) is 55.1 Å². The zero-order valence-corrected chi connectivity index (χ0v) is 13.5. The average Bonchev–Trinajstić information content (AvgIpc) is 3.08. The van der Waals surface area contributed by atoms with Gasteiger partial charge in [0.15, 0.2) is 5.65 Å². The summed E-state index contributed by atoms with van der Waals surface area (Å²) in [4.78, 5) is 21.2. The van der Waals surface area contributed by atoms with Gasteiger partial charge in [-0.15, -0.1) is 0 Å². The molecule has 0 saturated heterocycles. The predicted octanol–water partition coefficient (Wildman–Crippen LogP) is 4.64. The molecule has 0 atom stereocenters. The Morgan fingerprint density at radius 1 is 0.783 bits per heavy atom. The molecule has 5 rings (SSSR count). The van der Waals surface area contributed by atoms with E-state index in [-0.39, 0.29) is 0 Å². The maximum Gasteiger partial charge on any atom is 0.181 e. The molecule has 0 aliphatic carbocycles. The lowest BCUT2D eigenvalue weighted by Crippen LogP contribution is -1.95. The lowest BCUT2D eigenvalue weighted by molar-refractivity contribution is 1.14. The molecule has 0 spiro atoms. The highest BCUT2D eigenvalue weighted by atomic mass is 32.2. The van der Waals surface area contributed by atoms with E-state index in [0.717, 1.165) is 16.8 Å². The van der Waals surface area contributed by atoms with Crippen molar-refractivity contribution in [3.63, 3.8) is 0 Å². The second kappa shape index (κ2) is 5.11. The number of nitrogens with zero attached hydrogens (tertiary/aromatic N) is 3. The van der Waals surface area contributed by atoms with Gasteiger partial charge in [-0.2, -0.15) is 0 Å². The second-order valence-electron chi connectivity index (χ2n) is 5.11. The number of rotatable bonds is 1. The minimum atomic E-state index is 0.696. The summed E-state index contributed by atoms with van der Waals surface area (Å²) in [6.45, 7) is 0. The molecule has 23 heavy (non-hydrogen) atoms. The molecule has 0 amide bonds. The number of hydrogen-bond donors (Lipinski definition) is 1. The first-order valence-electron chi connectivity index (χ1n) is 7.12. The zero-order valence-electron chi connectivity index (χ0n) is 11.9. The number of H-pyrrole nitrogens is 1. The number of fused-ring (bicyclic) bond motifs is 3. The van der Waals surface area contributed by atoms with Crippen molar-refractivity contribution in [2.24, 2.45) is 0 Å². The van der Waals surface area contributed by atoms with Crippen LogP contribution in [0.2, 0.25) is 0 Å². The third kappa shape index (κ3) is 2.06. The highest BCUT2D eigenvalue weighted by molar-refractivity contribution is 8.05. The first-order chi connectivity index (χ1) is 11.4. The Morgan fingerprint density at radius 3 is 2.52 bits per heavy atom. The number of aromatic amines is 1. The normalized spacial score (nSPS) is 12.9. The van der Waals surface area contributed by atoms with Gasteiger partial charge in [0.25, 0.3) is 0 Å². The van der Waals surface area contributed by atoms with E-state index in [9.17, 15) is 0 Å². The Kier molecular flexibility index (Phi) is 2.92. The molecule has 0 fully saturated rings. The van der Waals surface area contributed by atoms with Gasteiger partial charge in [-0.1, -0.05) is 47.8 Å². The van der Waals surface area contributed by atoms with E-state index in [1.807, 2.05) is 11.8 Å². The van der Waals surface area contributed by atoms with Crippen LogP contribution in [0.15, 0.2) is 74.7 Å². The van der Waals surface area contributed by atoms with Gasteiger partial charge < -0.3 is 4.98 Å². The fourth-order valence-electron chi connectivity index (χ4n) is 2.70. The van der Waals surface area contributed by atoms with Crippen molar-refractivity contribution < 1.29 is 0 Å². The third-order valence-electron chi connectivity index (χ3n) is 3.74. The summed E-state index contributed by atoms with van der Waals surface area (Å²) < 4.78 is 0. The molecule has 4 nitrogen and oxygen atoms in total. The van der Waals surface area contributed by atoms with Crippen LogP contribution in [0.5, 0.6) is 0 Å². The summed E-state index contributed by atoms with van der Waals surface area (Å²) in [5.41, 5.74) is 3.59. The van der Waals surface area contributed by atoms with Crippen LogP contribution in [0.25, 0.3) is 22.4 Å². The summed E-state index contributed by atoms with van der Waals surface area (Å²) in [7, 11) is 0. The largest absolute Gasteiger partial charge is 0.341 e. The fraction of sp³-hybridized carbons (Fsp3) is 0. The molecule has 0 saturated carbocycles. The molecule has 4 aromatic rings. The van der Waals surface area contributed by atoms with Crippen molar-refractivity contribution in [3.8, 4) is 11.3 Å². The highest BCUT2D eigenvalue weighted by Gasteiger charge is 2.21. The van der Waals surface area contributed by atoms with Crippen LogP contribution in [0.3, 0.4) is 0 Å². The Balaban J connectivity index is 1.74. The van der Waals surface area contributed by atoms with Crippen LogP contribution in [-0.4, -0.2) is 19.9 Å². The van der Waals surface area contributed by atoms with E-state index < -0.39 is 0 Å². The SMILES string of the molecule is c1ccc2c(c1)Sc1cccc(-c3ncnc4nc[nH]c34)c1S2. The first kappa shape index (κ1) is 13.2. The van der Waals surface area contributed by atoms with E-state index >= 15 is 0 Å². The molecule has 0 radical (unpaired) electrons. The van der Waals surface area contributed by atoms with Gasteiger partial charge in [0.2, 0.25) is 0 Å². The predicted molar refractivity (Wildman–Crippen MR) is 91.8 cm³/mol. The lowest BCUT2D eigenvalue weighted by atomic mass is 10.1. The van der Waals surface area contributed by atoms with Gasteiger partial charge in [-0.25, -0.2) is 15.0 Å². The third-order valence-corrected chi connectivity index (χ3v) is 6.35. The summed E-state index contributed by atoms with van der Waals surface area (Å²) in [6.07, 6.45) is 3.24. The monoisotopic (exact) mass is 334 g/mol. The molecule has 3 heterocycles. The molecule has 6 heteroatoms. The van der Waals surface area contributed by atoms with Crippen LogP contribution in [0.1, 0.15) is 0 Å². The maximum absolute atomic E-state index is 4.51. The Hall–Kier alpha value is -2.31. The summed E-state index contributed by atoms with van der Waals surface area (Å²) in [5, 5.41) is 0. The summed E-state index contributed by atoms with van der Waals surface area (Å²) in [5.74, 6) is 0. The maximum atomic E-state index is 4.51. The quantitative estimate of drug-likeness (QED) is 0.484. The van der Waals surface area contributed by atoms with Crippen LogP contribution >= 0.6 is 23.5 Å². The fourth-order valence-corrected chi connectivity index (χ4v) is 5.08. The molecule has 110 valence electrons. The van der Waals surface area contributed by atoms with Crippen LogP contribution < -0.4 is 0 Å². The number of benzene rings is 2. The van der Waals surface area contributed by atoms with Crippen molar-refractivity contribution in [2.75, 3.05) is 0 Å². The van der Waals surface area contributed by atoms with E-state index in [2.05, 4.69) is 62.4 Å². The molecule has 2 aromatic carbocycles. The van der Waals surface area contributed by atoms with Gasteiger partial charge >= 0.3 is 0 Å². The minimum Gasteiger partial charge on any atom is -0.341 e. The van der Waals surface area contributed by atoms with E-state index in [1.54, 1.807) is 24.4 Å². The Bertz CT molecular complexity index is 1040. The molecule has 1 N–H and O–H groups in total. The molecular weight excluding hydrogens is 324 g/mol. The highest BCUT2D eigenvalue weighted by Crippen LogP contribution is 2.51. The minimum absolute atomic E-state index is 0.696. The van der Waals surface area contributed by atoms with Crippen molar-refractivity contribution in [2.45, 2.75) is 19.6 Å². The zero-order chi connectivity index (χ0) is 15.2. The Labute approximate surface area is 140 Å². The average molecular weight is 334 g/mol. The van der Waals surface area contributed by atoms with E-state index in [1.165, 1.54) is 19.6 Å². The first-order valence-corrected chi connectivity index (χ1v) is 8.75. The van der Waals surface area contributed by atoms with Gasteiger partial charge in [0.1, 0.15) is 17.5 Å².